The van der Waals surface area contributed by atoms with Crippen molar-refractivity contribution in [3.05, 3.63) is 69.7 Å². The van der Waals surface area contributed by atoms with Crippen LogP contribution in [0.2, 0.25) is 10.0 Å². The zero-order valence-electron chi connectivity index (χ0n) is 12.4. The van der Waals surface area contributed by atoms with Crippen LogP contribution in [0.3, 0.4) is 0 Å². The van der Waals surface area contributed by atoms with Gasteiger partial charge in [-0.25, -0.2) is 4.79 Å². The van der Waals surface area contributed by atoms with Crippen LogP contribution in [0.15, 0.2) is 48.5 Å². The Kier molecular flexibility index (Phi) is 6.02. The van der Waals surface area contributed by atoms with E-state index < -0.39 is 5.97 Å². The lowest BCUT2D eigenvalue weighted by Gasteiger charge is -2.14. The highest BCUT2D eigenvalue weighted by Crippen LogP contribution is 2.16. The van der Waals surface area contributed by atoms with Crippen molar-refractivity contribution in [2.75, 3.05) is 6.61 Å². The summed E-state index contributed by atoms with van der Waals surface area (Å²) < 4.78 is 4.97. The molecule has 0 aromatic heterocycles. The molecule has 0 aliphatic heterocycles. The molecule has 0 fully saturated rings. The van der Waals surface area contributed by atoms with E-state index in [0.29, 0.717) is 15.6 Å². The molecule has 0 heterocycles. The third-order valence-electron chi connectivity index (χ3n) is 3.16. The molecule has 4 nitrogen and oxygen atoms in total. The maximum absolute atomic E-state index is 11.8. The highest BCUT2D eigenvalue weighted by Gasteiger charge is 2.13. The summed E-state index contributed by atoms with van der Waals surface area (Å²) in [6.07, 6.45) is 0. The van der Waals surface area contributed by atoms with Crippen LogP contribution >= 0.6 is 23.2 Å². The lowest BCUT2D eigenvalue weighted by Crippen LogP contribution is -2.31. The van der Waals surface area contributed by atoms with Gasteiger partial charge >= 0.3 is 5.97 Å². The number of halogens is 2. The standard InChI is InChI=1S/C17H15Cl2NO3/c1-11(12-2-6-14(18)7-3-12)20-16(21)10-23-17(22)13-4-8-15(19)9-5-13/h2-9,11H,10H2,1H3,(H,20,21)/t11-/m0/s1. The maximum Gasteiger partial charge on any atom is 0.338 e. The Bertz CT molecular complexity index is 684. The second-order valence-electron chi connectivity index (χ2n) is 4.92. The predicted octanol–water partition coefficient (Wildman–Crippen LogP) is 4.03. The second kappa shape index (κ2) is 7.99. The molecule has 0 aliphatic rings. The Balaban J connectivity index is 1.83. The number of hydrogen-bond donors (Lipinski definition) is 1. The fourth-order valence-electron chi connectivity index (χ4n) is 1.92. The van der Waals surface area contributed by atoms with Crippen LogP contribution in [0.5, 0.6) is 0 Å². The Morgan fingerprint density at radius 3 is 2.09 bits per heavy atom. The molecule has 2 rings (SSSR count). The first-order chi connectivity index (χ1) is 11.0. The molecule has 0 spiro atoms. The lowest BCUT2D eigenvalue weighted by molar-refractivity contribution is -0.124. The summed E-state index contributed by atoms with van der Waals surface area (Å²) in [6.45, 7) is 1.49. The van der Waals surface area contributed by atoms with Crippen LogP contribution in [0.25, 0.3) is 0 Å². The van der Waals surface area contributed by atoms with E-state index in [0.717, 1.165) is 5.56 Å². The van der Waals surface area contributed by atoms with Gasteiger partial charge in [0.1, 0.15) is 0 Å². The van der Waals surface area contributed by atoms with Crippen LogP contribution in [0, 0.1) is 0 Å². The molecule has 0 aliphatic carbocycles. The molecule has 2 aromatic rings. The monoisotopic (exact) mass is 351 g/mol. The average molecular weight is 352 g/mol. The second-order valence-corrected chi connectivity index (χ2v) is 5.80. The molecule has 1 amide bonds. The zero-order valence-corrected chi connectivity index (χ0v) is 13.9. The van der Waals surface area contributed by atoms with Gasteiger partial charge < -0.3 is 10.1 Å². The van der Waals surface area contributed by atoms with Crippen molar-refractivity contribution in [3.63, 3.8) is 0 Å². The van der Waals surface area contributed by atoms with Gasteiger partial charge in [0.15, 0.2) is 6.61 Å². The van der Waals surface area contributed by atoms with E-state index in [4.69, 9.17) is 27.9 Å². The molecule has 1 atom stereocenters. The minimum absolute atomic E-state index is 0.214. The van der Waals surface area contributed by atoms with E-state index in [1.807, 2.05) is 19.1 Å². The number of ether oxygens (including phenoxy) is 1. The van der Waals surface area contributed by atoms with E-state index >= 15 is 0 Å². The number of esters is 1. The molecule has 0 unspecified atom stereocenters. The SMILES string of the molecule is C[C@H](NC(=O)COC(=O)c1ccc(Cl)cc1)c1ccc(Cl)cc1. The van der Waals surface area contributed by atoms with Gasteiger partial charge in [-0.3, -0.25) is 4.79 Å². The van der Waals surface area contributed by atoms with Crippen molar-refractivity contribution < 1.29 is 14.3 Å². The van der Waals surface area contributed by atoms with Crippen LogP contribution in [-0.4, -0.2) is 18.5 Å². The van der Waals surface area contributed by atoms with Crippen molar-refractivity contribution in [1.29, 1.82) is 0 Å². The number of carbonyl (C=O) groups excluding carboxylic acids is 2. The van der Waals surface area contributed by atoms with Crippen molar-refractivity contribution >= 4 is 35.1 Å². The molecule has 23 heavy (non-hydrogen) atoms. The number of carbonyl (C=O) groups is 2. The molecular formula is C17H15Cl2NO3. The molecule has 6 heteroatoms. The van der Waals surface area contributed by atoms with Crippen LogP contribution in [-0.2, 0) is 9.53 Å². The summed E-state index contributed by atoms with van der Waals surface area (Å²) >= 11 is 11.6. The van der Waals surface area contributed by atoms with Crippen LogP contribution in [0.1, 0.15) is 28.9 Å². The van der Waals surface area contributed by atoms with E-state index in [1.165, 1.54) is 0 Å². The third kappa shape index (κ3) is 5.27. The summed E-state index contributed by atoms with van der Waals surface area (Å²) in [4.78, 5) is 23.6. The Labute approximate surface area is 144 Å². The van der Waals surface area contributed by atoms with Gasteiger partial charge in [-0.2, -0.15) is 0 Å². The molecule has 0 saturated carbocycles. The minimum atomic E-state index is -0.573. The normalized spacial score (nSPS) is 11.6. The molecule has 0 saturated heterocycles. The number of hydrogen-bond acceptors (Lipinski definition) is 3. The molecule has 1 N–H and O–H groups in total. The van der Waals surface area contributed by atoms with Crippen LogP contribution < -0.4 is 5.32 Å². The summed E-state index contributed by atoms with van der Waals surface area (Å²) in [7, 11) is 0. The van der Waals surface area contributed by atoms with Gasteiger partial charge in [0, 0.05) is 10.0 Å². The predicted molar refractivity (Wildman–Crippen MR) is 89.7 cm³/mol. The van der Waals surface area contributed by atoms with E-state index in [-0.39, 0.29) is 18.6 Å². The first-order valence-electron chi connectivity index (χ1n) is 6.93. The molecule has 0 bridgehead atoms. The van der Waals surface area contributed by atoms with Gasteiger partial charge in [0.05, 0.1) is 11.6 Å². The lowest BCUT2D eigenvalue weighted by atomic mass is 10.1. The van der Waals surface area contributed by atoms with Gasteiger partial charge in [0.2, 0.25) is 0 Å². The Hall–Kier alpha value is -2.04. The fraction of sp³-hybridized carbons (Fsp3) is 0.176. The van der Waals surface area contributed by atoms with Crippen molar-refractivity contribution in [3.8, 4) is 0 Å². The molecule has 120 valence electrons. The van der Waals surface area contributed by atoms with Crippen LogP contribution in [0.4, 0.5) is 0 Å². The summed E-state index contributed by atoms with van der Waals surface area (Å²) in [5.74, 6) is -0.953. The van der Waals surface area contributed by atoms with Gasteiger partial charge in [-0.15, -0.1) is 0 Å². The summed E-state index contributed by atoms with van der Waals surface area (Å²) in [5, 5.41) is 3.90. The highest BCUT2D eigenvalue weighted by atomic mass is 35.5. The number of rotatable bonds is 5. The molecule has 2 aromatic carbocycles. The maximum atomic E-state index is 11.8. The number of amides is 1. The number of benzene rings is 2. The highest BCUT2D eigenvalue weighted by molar-refractivity contribution is 6.30. The fourth-order valence-corrected chi connectivity index (χ4v) is 2.17. The van der Waals surface area contributed by atoms with Gasteiger partial charge in [-0.1, -0.05) is 35.3 Å². The van der Waals surface area contributed by atoms with E-state index in [2.05, 4.69) is 5.32 Å². The first-order valence-corrected chi connectivity index (χ1v) is 7.69. The topological polar surface area (TPSA) is 55.4 Å². The Morgan fingerprint density at radius 1 is 1.00 bits per heavy atom. The van der Waals surface area contributed by atoms with E-state index in [9.17, 15) is 9.59 Å². The zero-order chi connectivity index (χ0) is 16.8. The molecule has 0 radical (unpaired) electrons. The van der Waals surface area contributed by atoms with Crippen molar-refractivity contribution in [2.24, 2.45) is 0 Å². The third-order valence-corrected chi connectivity index (χ3v) is 3.67. The number of nitrogens with one attached hydrogen (secondary N) is 1. The Morgan fingerprint density at radius 2 is 1.52 bits per heavy atom. The quantitative estimate of drug-likeness (QED) is 0.827. The van der Waals surface area contributed by atoms with Gasteiger partial charge in [-0.05, 0) is 48.9 Å². The summed E-state index contributed by atoms with van der Waals surface area (Å²) in [5.41, 5.74) is 1.25. The van der Waals surface area contributed by atoms with E-state index in [1.54, 1.807) is 36.4 Å². The smallest absolute Gasteiger partial charge is 0.338 e. The largest absolute Gasteiger partial charge is 0.452 e. The summed E-state index contributed by atoms with van der Waals surface area (Å²) in [6, 6.07) is 13.2. The minimum Gasteiger partial charge on any atom is -0.452 e. The first kappa shape index (κ1) is 17.3. The van der Waals surface area contributed by atoms with Crippen molar-refractivity contribution in [2.45, 2.75) is 13.0 Å². The average Bonchev–Trinajstić information content (AvgIpc) is 2.54. The van der Waals surface area contributed by atoms with Crippen molar-refractivity contribution in [1.82, 2.24) is 5.32 Å². The van der Waals surface area contributed by atoms with Gasteiger partial charge in [0.25, 0.3) is 5.91 Å². The molecular weight excluding hydrogens is 337 g/mol.